The molecule has 4 N–H and O–H groups in total. The molecule has 0 bridgehead atoms. The van der Waals surface area contributed by atoms with Crippen LogP contribution in [0.4, 0.5) is 0 Å². The van der Waals surface area contributed by atoms with Crippen molar-refractivity contribution in [2.24, 2.45) is 0 Å². The van der Waals surface area contributed by atoms with Crippen molar-refractivity contribution in [3.8, 4) is 0 Å². The van der Waals surface area contributed by atoms with Gasteiger partial charge in [0.05, 0.1) is 18.3 Å². The Hall–Kier alpha value is -0.290. The van der Waals surface area contributed by atoms with E-state index in [4.69, 9.17) is 22.3 Å². The average molecular weight is 458 g/mol. The Balaban J connectivity index is 0. The predicted molar refractivity (Wildman–Crippen MR) is 121 cm³/mol. The Morgan fingerprint density at radius 3 is 1.47 bits per heavy atom. The third-order valence-corrected chi connectivity index (χ3v) is 4.46. The summed E-state index contributed by atoms with van der Waals surface area (Å²) < 4.78 is 37.5. The molecule has 3 atom stereocenters. The molecule has 0 aliphatic rings. The Morgan fingerprint density at radius 1 is 0.733 bits per heavy atom. The van der Waals surface area contributed by atoms with Gasteiger partial charge in [0.1, 0.15) is 0 Å². The number of ether oxygens (including phenoxy) is 1. The minimum Gasteiger partial charge on any atom is -0.392 e. The third-order valence-electron chi connectivity index (χ3n) is 4.46. The summed E-state index contributed by atoms with van der Waals surface area (Å²) in [6, 6.07) is 0. The highest BCUT2D eigenvalue weighted by Crippen LogP contribution is 2.11. The van der Waals surface area contributed by atoms with Crippen molar-refractivity contribution in [3.05, 3.63) is 0 Å². The molecule has 8 nitrogen and oxygen atoms in total. The molecule has 0 amide bonds. The maximum atomic E-state index is 9.56. The summed E-state index contributed by atoms with van der Waals surface area (Å²) in [6.45, 7) is 10.6. The summed E-state index contributed by atoms with van der Waals surface area (Å²) >= 11 is 0. The molecule has 0 fully saturated rings. The molecule has 0 aliphatic carbocycles. The fourth-order valence-electron chi connectivity index (χ4n) is 3.26. The van der Waals surface area contributed by atoms with E-state index in [9.17, 15) is 10.2 Å². The van der Waals surface area contributed by atoms with Gasteiger partial charge in [-0.1, -0.05) is 64.7 Å². The van der Waals surface area contributed by atoms with Crippen molar-refractivity contribution in [3.63, 3.8) is 0 Å². The van der Waals surface area contributed by atoms with Crippen LogP contribution in [-0.4, -0.2) is 77.2 Å². The molecule has 0 aromatic heterocycles. The Morgan fingerprint density at radius 2 is 1.10 bits per heavy atom. The summed E-state index contributed by atoms with van der Waals surface area (Å²) in [7, 11) is -4.67. The highest BCUT2D eigenvalue weighted by atomic mass is 32.3. The number of aliphatic hydroxyl groups is 2. The molecule has 0 saturated carbocycles. The molecular formula is C21H47NO7S. The van der Waals surface area contributed by atoms with E-state index in [2.05, 4.69) is 18.7 Å². The lowest BCUT2D eigenvalue weighted by atomic mass is 10.1. The topological polar surface area (TPSA) is 128 Å². The third kappa shape index (κ3) is 32.4. The number of hydrogen-bond donors (Lipinski definition) is 4. The maximum Gasteiger partial charge on any atom is 0.394 e. The van der Waals surface area contributed by atoms with Gasteiger partial charge in [0.2, 0.25) is 0 Å². The largest absolute Gasteiger partial charge is 0.394 e. The zero-order chi connectivity index (χ0) is 23.4. The summed E-state index contributed by atoms with van der Waals surface area (Å²) in [5.41, 5.74) is 0. The fourth-order valence-corrected chi connectivity index (χ4v) is 3.26. The SMILES string of the molecule is CCCCCCCCCCCCOC(C)CN(CC(C)O)CC(C)O.O=S(=O)(O)O. The first kappa shape index (κ1) is 31.9. The van der Waals surface area contributed by atoms with E-state index in [1.54, 1.807) is 13.8 Å². The van der Waals surface area contributed by atoms with Gasteiger partial charge < -0.3 is 14.9 Å². The molecule has 0 aliphatic heterocycles. The van der Waals surface area contributed by atoms with Crippen molar-refractivity contribution in [2.75, 3.05) is 26.2 Å². The summed E-state index contributed by atoms with van der Waals surface area (Å²) in [5.74, 6) is 0. The average Bonchev–Trinajstić information content (AvgIpc) is 2.57. The second kappa shape index (κ2) is 20.6. The van der Waals surface area contributed by atoms with Gasteiger partial charge in [0.15, 0.2) is 0 Å². The molecule has 30 heavy (non-hydrogen) atoms. The van der Waals surface area contributed by atoms with Crippen molar-refractivity contribution in [2.45, 2.75) is 110 Å². The smallest absolute Gasteiger partial charge is 0.392 e. The molecule has 3 unspecified atom stereocenters. The van der Waals surface area contributed by atoms with E-state index < -0.39 is 10.4 Å². The van der Waals surface area contributed by atoms with E-state index in [1.807, 2.05) is 0 Å². The molecule has 0 spiro atoms. The summed E-state index contributed by atoms with van der Waals surface area (Å²) in [6.07, 6.45) is 12.8. The quantitative estimate of drug-likeness (QED) is 0.181. The zero-order valence-corrected chi connectivity index (χ0v) is 20.3. The van der Waals surface area contributed by atoms with Gasteiger partial charge in [-0.2, -0.15) is 8.42 Å². The monoisotopic (exact) mass is 457 g/mol. The second-order valence-electron chi connectivity index (χ2n) is 8.23. The van der Waals surface area contributed by atoms with Crippen LogP contribution in [-0.2, 0) is 15.1 Å². The first-order valence-electron chi connectivity index (χ1n) is 11.4. The van der Waals surface area contributed by atoms with E-state index in [0.717, 1.165) is 19.6 Å². The van der Waals surface area contributed by atoms with Gasteiger partial charge in [-0.05, 0) is 27.2 Å². The highest BCUT2D eigenvalue weighted by Gasteiger charge is 2.14. The molecular weight excluding hydrogens is 410 g/mol. The number of unbranched alkanes of at least 4 members (excludes halogenated alkanes) is 9. The van der Waals surface area contributed by atoms with Crippen LogP contribution in [0.2, 0.25) is 0 Å². The number of nitrogens with zero attached hydrogens (tertiary/aromatic N) is 1. The van der Waals surface area contributed by atoms with Gasteiger partial charge >= 0.3 is 10.4 Å². The first-order chi connectivity index (χ1) is 14.0. The standard InChI is InChI=1S/C21H45NO3.H2O4S/c1-5-6-7-8-9-10-11-12-13-14-15-25-21(4)18-22(16-19(2)23)17-20(3)24;1-5(2,3)4/h19-21,23-24H,5-18H2,1-4H3;(H2,1,2,3,4). The number of aliphatic hydroxyl groups excluding tert-OH is 2. The minimum atomic E-state index is -4.67. The fraction of sp³-hybridized carbons (Fsp3) is 1.00. The Bertz CT molecular complexity index is 440. The Labute approximate surface area is 184 Å². The predicted octanol–water partition coefficient (Wildman–Crippen LogP) is 3.72. The van der Waals surface area contributed by atoms with Gasteiger partial charge in [-0.25, -0.2) is 0 Å². The Kier molecular flexibility index (Phi) is 21.9. The second-order valence-corrected chi connectivity index (χ2v) is 9.12. The van der Waals surface area contributed by atoms with Crippen LogP contribution >= 0.6 is 0 Å². The minimum absolute atomic E-state index is 0.135. The zero-order valence-electron chi connectivity index (χ0n) is 19.5. The summed E-state index contributed by atoms with van der Waals surface area (Å²) in [5, 5.41) is 19.1. The summed E-state index contributed by atoms with van der Waals surface area (Å²) in [4.78, 5) is 2.08. The molecule has 0 radical (unpaired) electrons. The molecule has 184 valence electrons. The van der Waals surface area contributed by atoms with Crippen LogP contribution in [0.25, 0.3) is 0 Å². The van der Waals surface area contributed by atoms with E-state index in [-0.39, 0.29) is 18.3 Å². The lowest BCUT2D eigenvalue weighted by Crippen LogP contribution is -2.41. The first-order valence-corrected chi connectivity index (χ1v) is 12.7. The van der Waals surface area contributed by atoms with E-state index >= 15 is 0 Å². The lowest BCUT2D eigenvalue weighted by Gasteiger charge is -2.27. The van der Waals surface area contributed by atoms with Crippen molar-refractivity contribution >= 4 is 10.4 Å². The van der Waals surface area contributed by atoms with Crippen molar-refractivity contribution in [1.29, 1.82) is 0 Å². The number of hydrogen-bond acceptors (Lipinski definition) is 6. The molecule has 0 saturated heterocycles. The van der Waals surface area contributed by atoms with Crippen molar-refractivity contribution in [1.82, 2.24) is 4.90 Å². The van der Waals surface area contributed by atoms with Gasteiger partial charge in [0.25, 0.3) is 0 Å². The van der Waals surface area contributed by atoms with Crippen LogP contribution in [0, 0.1) is 0 Å². The van der Waals surface area contributed by atoms with Gasteiger partial charge in [-0.3, -0.25) is 14.0 Å². The molecule has 0 aromatic rings. The van der Waals surface area contributed by atoms with E-state index in [1.165, 1.54) is 57.8 Å². The van der Waals surface area contributed by atoms with Crippen LogP contribution in [0.3, 0.4) is 0 Å². The molecule has 0 rings (SSSR count). The van der Waals surface area contributed by atoms with Gasteiger partial charge in [-0.15, -0.1) is 0 Å². The lowest BCUT2D eigenvalue weighted by molar-refractivity contribution is 0.0120. The molecule has 0 heterocycles. The normalized spacial score (nSPS) is 14.8. The molecule has 0 aromatic carbocycles. The highest BCUT2D eigenvalue weighted by molar-refractivity contribution is 7.79. The van der Waals surface area contributed by atoms with E-state index in [0.29, 0.717) is 13.1 Å². The van der Waals surface area contributed by atoms with Crippen LogP contribution in [0.15, 0.2) is 0 Å². The van der Waals surface area contributed by atoms with Crippen LogP contribution in [0.1, 0.15) is 91.9 Å². The number of rotatable bonds is 18. The van der Waals surface area contributed by atoms with Crippen LogP contribution < -0.4 is 0 Å². The maximum absolute atomic E-state index is 9.56. The van der Waals surface area contributed by atoms with Gasteiger partial charge in [0, 0.05) is 26.2 Å². The van der Waals surface area contributed by atoms with Crippen LogP contribution in [0.5, 0.6) is 0 Å². The van der Waals surface area contributed by atoms with Crippen molar-refractivity contribution < 1.29 is 32.5 Å². The molecule has 9 heteroatoms.